The van der Waals surface area contributed by atoms with E-state index < -0.39 is 4.92 Å². The van der Waals surface area contributed by atoms with Crippen molar-refractivity contribution in [2.45, 2.75) is 6.92 Å². The molecule has 0 aliphatic rings. The van der Waals surface area contributed by atoms with Gasteiger partial charge in [0.1, 0.15) is 18.1 Å². The van der Waals surface area contributed by atoms with Crippen LogP contribution in [-0.2, 0) is 0 Å². The van der Waals surface area contributed by atoms with E-state index in [4.69, 9.17) is 15.6 Å². The van der Waals surface area contributed by atoms with Gasteiger partial charge < -0.3 is 9.15 Å². The second-order valence-electron chi connectivity index (χ2n) is 5.65. The molecule has 0 aliphatic heterocycles. The molecule has 2 aromatic carbocycles. The molecule has 1 aromatic heterocycles. The summed E-state index contributed by atoms with van der Waals surface area (Å²) in [5.41, 5.74) is 0.551. The van der Waals surface area contributed by atoms with E-state index in [2.05, 4.69) is 5.92 Å². The van der Waals surface area contributed by atoms with Gasteiger partial charge in [0, 0.05) is 23.3 Å². The first kappa shape index (κ1) is 17.9. The average molecular weight is 363 g/mol. The van der Waals surface area contributed by atoms with Crippen LogP contribution in [0.4, 0.5) is 5.69 Å². The minimum atomic E-state index is -0.521. The molecular formula is C20H13NO6. The molecule has 7 heteroatoms. The van der Waals surface area contributed by atoms with Crippen LogP contribution in [0, 0.1) is 29.4 Å². The van der Waals surface area contributed by atoms with Crippen LogP contribution < -0.4 is 10.2 Å². The van der Waals surface area contributed by atoms with Crippen LogP contribution in [0.1, 0.15) is 15.9 Å². The Morgan fingerprint density at radius 3 is 2.56 bits per heavy atom. The highest BCUT2D eigenvalue weighted by molar-refractivity contribution is 5.98. The number of fused-ring (bicyclic) bond motifs is 1. The molecule has 134 valence electrons. The van der Waals surface area contributed by atoms with E-state index in [9.17, 15) is 19.7 Å². The Bertz CT molecular complexity index is 1150. The SMILES string of the molecule is C#CCOc1ccc2c(=O)c(C)c(-c3ccc([N+](=O)[O-])cc3)oc2c1C=O. The summed E-state index contributed by atoms with van der Waals surface area (Å²) < 4.78 is 11.2. The van der Waals surface area contributed by atoms with E-state index in [-0.39, 0.29) is 45.8 Å². The molecular weight excluding hydrogens is 350 g/mol. The summed E-state index contributed by atoms with van der Waals surface area (Å²) in [6, 6.07) is 8.58. The number of carbonyl (C=O) groups is 1. The van der Waals surface area contributed by atoms with Crippen LogP contribution in [0.15, 0.2) is 45.6 Å². The van der Waals surface area contributed by atoms with Crippen molar-refractivity contribution in [3.8, 4) is 29.4 Å². The Morgan fingerprint density at radius 2 is 1.96 bits per heavy atom. The minimum absolute atomic E-state index is 0.0440. The van der Waals surface area contributed by atoms with Gasteiger partial charge in [0.05, 0.1) is 15.9 Å². The molecule has 1 heterocycles. The third kappa shape index (κ3) is 3.16. The molecule has 0 atom stereocenters. The summed E-state index contributed by atoms with van der Waals surface area (Å²) in [6.45, 7) is 1.54. The second kappa shape index (κ2) is 7.14. The Balaban J connectivity index is 2.26. The maximum atomic E-state index is 12.7. The summed E-state index contributed by atoms with van der Waals surface area (Å²) in [6.07, 6.45) is 5.71. The summed E-state index contributed by atoms with van der Waals surface area (Å²) in [5.74, 6) is 2.73. The molecule has 0 amide bonds. The maximum Gasteiger partial charge on any atom is 0.269 e. The maximum absolute atomic E-state index is 12.7. The number of terminal acetylenes is 1. The molecule has 3 rings (SSSR count). The lowest BCUT2D eigenvalue weighted by Gasteiger charge is -2.11. The van der Waals surface area contributed by atoms with E-state index in [0.717, 1.165) is 0 Å². The van der Waals surface area contributed by atoms with Gasteiger partial charge in [-0.15, -0.1) is 6.42 Å². The largest absolute Gasteiger partial charge is 0.480 e. The van der Waals surface area contributed by atoms with Crippen molar-refractivity contribution < 1.29 is 18.9 Å². The number of nitro benzene ring substituents is 1. The van der Waals surface area contributed by atoms with Crippen molar-refractivity contribution in [1.82, 2.24) is 0 Å². The molecule has 0 unspecified atom stereocenters. The normalized spacial score (nSPS) is 10.4. The monoisotopic (exact) mass is 363 g/mol. The number of rotatable bonds is 5. The highest BCUT2D eigenvalue weighted by atomic mass is 16.6. The number of non-ortho nitro benzene ring substituents is 1. The molecule has 7 nitrogen and oxygen atoms in total. The highest BCUT2D eigenvalue weighted by Crippen LogP contribution is 2.31. The molecule has 0 saturated carbocycles. The van der Waals surface area contributed by atoms with Gasteiger partial charge in [0.25, 0.3) is 5.69 Å². The van der Waals surface area contributed by atoms with E-state index in [1.54, 1.807) is 6.92 Å². The van der Waals surface area contributed by atoms with Crippen molar-refractivity contribution >= 4 is 22.9 Å². The standard InChI is InChI=1S/C20H13NO6/c1-3-10-26-17-9-8-15-18(23)12(2)19(27-20(15)16(17)11-22)13-4-6-14(7-5-13)21(24)25/h1,4-9,11H,10H2,2H3. The topological polar surface area (TPSA) is 99.7 Å². The van der Waals surface area contributed by atoms with E-state index in [1.807, 2.05) is 0 Å². The molecule has 3 aromatic rings. The molecule has 27 heavy (non-hydrogen) atoms. The molecule has 0 aliphatic carbocycles. The predicted octanol–water partition coefficient (Wildman–Crippen LogP) is 3.50. The zero-order valence-electron chi connectivity index (χ0n) is 14.2. The Labute approximate surface area is 153 Å². The summed E-state index contributed by atoms with van der Waals surface area (Å²) in [4.78, 5) is 34.6. The lowest BCUT2D eigenvalue weighted by atomic mass is 10.0. The number of nitro groups is 1. The first-order valence-corrected chi connectivity index (χ1v) is 7.84. The summed E-state index contributed by atoms with van der Waals surface area (Å²) in [7, 11) is 0. The Kier molecular flexibility index (Phi) is 4.73. The number of hydrogen-bond donors (Lipinski definition) is 0. The predicted molar refractivity (Wildman–Crippen MR) is 99.0 cm³/mol. The van der Waals surface area contributed by atoms with Crippen LogP contribution in [0.5, 0.6) is 5.75 Å². The zero-order chi connectivity index (χ0) is 19.6. The molecule has 0 radical (unpaired) electrons. The third-order valence-electron chi connectivity index (χ3n) is 4.06. The molecule has 0 fully saturated rings. The van der Waals surface area contributed by atoms with Crippen LogP contribution in [0.25, 0.3) is 22.3 Å². The van der Waals surface area contributed by atoms with Gasteiger partial charge in [-0.1, -0.05) is 5.92 Å². The van der Waals surface area contributed by atoms with E-state index in [1.165, 1.54) is 36.4 Å². The van der Waals surface area contributed by atoms with Crippen LogP contribution in [-0.4, -0.2) is 17.8 Å². The molecule has 0 N–H and O–H groups in total. The van der Waals surface area contributed by atoms with Crippen molar-refractivity contribution in [3.05, 3.63) is 67.9 Å². The number of carbonyl (C=O) groups excluding carboxylic acids is 1. The first-order chi connectivity index (χ1) is 13.0. The van der Waals surface area contributed by atoms with Crippen molar-refractivity contribution in [2.24, 2.45) is 0 Å². The fourth-order valence-electron chi connectivity index (χ4n) is 2.72. The van der Waals surface area contributed by atoms with E-state index in [0.29, 0.717) is 17.4 Å². The molecule has 0 bridgehead atoms. The van der Waals surface area contributed by atoms with Gasteiger partial charge in [0.15, 0.2) is 17.3 Å². The smallest absolute Gasteiger partial charge is 0.269 e. The lowest BCUT2D eigenvalue weighted by molar-refractivity contribution is -0.384. The van der Waals surface area contributed by atoms with Crippen LogP contribution >= 0.6 is 0 Å². The van der Waals surface area contributed by atoms with Crippen LogP contribution in [0.3, 0.4) is 0 Å². The lowest BCUT2D eigenvalue weighted by Crippen LogP contribution is -2.09. The van der Waals surface area contributed by atoms with Crippen molar-refractivity contribution in [1.29, 1.82) is 0 Å². The first-order valence-electron chi connectivity index (χ1n) is 7.84. The average Bonchev–Trinajstić information content (AvgIpc) is 2.68. The summed E-state index contributed by atoms with van der Waals surface area (Å²) >= 11 is 0. The number of ether oxygens (including phenoxy) is 1. The number of aldehydes is 1. The number of nitrogens with zero attached hydrogens (tertiary/aromatic N) is 1. The number of hydrogen-bond acceptors (Lipinski definition) is 6. The molecule has 0 saturated heterocycles. The highest BCUT2D eigenvalue weighted by Gasteiger charge is 2.18. The Morgan fingerprint density at radius 1 is 1.26 bits per heavy atom. The zero-order valence-corrected chi connectivity index (χ0v) is 14.2. The fraction of sp³-hybridized carbons (Fsp3) is 0.100. The second-order valence-corrected chi connectivity index (χ2v) is 5.65. The van der Waals surface area contributed by atoms with Gasteiger partial charge in [-0.2, -0.15) is 0 Å². The van der Waals surface area contributed by atoms with Gasteiger partial charge >= 0.3 is 0 Å². The van der Waals surface area contributed by atoms with E-state index >= 15 is 0 Å². The van der Waals surface area contributed by atoms with Gasteiger partial charge in [-0.3, -0.25) is 19.7 Å². The van der Waals surface area contributed by atoms with Crippen molar-refractivity contribution in [3.63, 3.8) is 0 Å². The van der Waals surface area contributed by atoms with Gasteiger partial charge in [0.2, 0.25) is 0 Å². The quantitative estimate of drug-likeness (QED) is 0.298. The minimum Gasteiger partial charge on any atom is -0.480 e. The van der Waals surface area contributed by atoms with Crippen LogP contribution in [0.2, 0.25) is 0 Å². The summed E-state index contributed by atoms with van der Waals surface area (Å²) in [5, 5.41) is 11.0. The third-order valence-corrected chi connectivity index (χ3v) is 4.06. The van der Waals surface area contributed by atoms with Gasteiger partial charge in [-0.05, 0) is 31.2 Å². The molecule has 0 spiro atoms. The van der Waals surface area contributed by atoms with Gasteiger partial charge in [-0.25, -0.2) is 0 Å². The van der Waals surface area contributed by atoms with Crippen molar-refractivity contribution in [2.75, 3.05) is 6.61 Å². The fourth-order valence-corrected chi connectivity index (χ4v) is 2.72. The Hall–Kier alpha value is -3.92. The number of benzene rings is 2.